The molecule has 2 aromatic carbocycles. The molecule has 0 saturated heterocycles. The zero-order chi connectivity index (χ0) is 19.1. The van der Waals surface area contributed by atoms with Crippen molar-refractivity contribution < 1.29 is 14.3 Å². The van der Waals surface area contributed by atoms with E-state index in [2.05, 4.69) is 16.4 Å². The number of nitrogens with zero attached hydrogens (tertiary/aromatic N) is 1. The number of benzene rings is 2. The second-order valence-electron chi connectivity index (χ2n) is 6.27. The van der Waals surface area contributed by atoms with Crippen LogP contribution in [0.2, 0.25) is 0 Å². The number of esters is 1. The first-order valence-electron chi connectivity index (χ1n) is 9.01. The minimum absolute atomic E-state index is 0.299. The van der Waals surface area contributed by atoms with Crippen molar-refractivity contribution in [2.45, 2.75) is 38.7 Å². The summed E-state index contributed by atoms with van der Waals surface area (Å²) in [6.45, 7) is 1.58. The fraction of sp³-hybridized carbons (Fsp3) is 0.286. The number of carbonyl (C=O) groups is 2. The van der Waals surface area contributed by atoms with E-state index in [4.69, 9.17) is 4.74 Å². The van der Waals surface area contributed by atoms with Crippen LogP contribution in [-0.4, -0.2) is 23.0 Å². The summed E-state index contributed by atoms with van der Waals surface area (Å²) in [5.74, 6) is -0.681. The number of amides is 1. The first-order valence-corrected chi connectivity index (χ1v) is 9.83. The number of thiazole rings is 1. The maximum absolute atomic E-state index is 12.1. The molecule has 0 unspecified atom stereocenters. The molecule has 5 nitrogen and oxygen atoms in total. The Morgan fingerprint density at radius 1 is 1.07 bits per heavy atom. The highest BCUT2D eigenvalue weighted by Crippen LogP contribution is 2.23. The van der Waals surface area contributed by atoms with E-state index in [0.717, 1.165) is 23.4 Å². The van der Waals surface area contributed by atoms with Gasteiger partial charge in [-0.25, -0.2) is 4.98 Å². The van der Waals surface area contributed by atoms with Gasteiger partial charge in [-0.05, 0) is 50.5 Å². The molecule has 0 aliphatic heterocycles. The Bertz CT molecular complexity index is 875. The van der Waals surface area contributed by atoms with Crippen LogP contribution in [0.5, 0.6) is 0 Å². The quantitative estimate of drug-likeness (QED) is 0.457. The van der Waals surface area contributed by atoms with E-state index in [9.17, 15) is 9.59 Å². The van der Waals surface area contributed by atoms with Gasteiger partial charge >= 0.3 is 5.97 Å². The van der Waals surface area contributed by atoms with Crippen molar-refractivity contribution >= 4 is 39.1 Å². The molecule has 0 aliphatic carbocycles. The van der Waals surface area contributed by atoms with E-state index in [1.54, 1.807) is 30.4 Å². The predicted molar refractivity (Wildman–Crippen MR) is 108 cm³/mol. The summed E-state index contributed by atoms with van der Waals surface area (Å²) < 4.78 is 6.41. The van der Waals surface area contributed by atoms with Crippen molar-refractivity contribution in [3.05, 3.63) is 59.6 Å². The molecule has 0 radical (unpaired) electrons. The molecule has 0 saturated carbocycles. The van der Waals surface area contributed by atoms with Gasteiger partial charge < -0.3 is 10.1 Å². The highest BCUT2D eigenvalue weighted by molar-refractivity contribution is 7.18. The average molecular weight is 382 g/mol. The van der Waals surface area contributed by atoms with Gasteiger partial charge in [-0.3, -0.25) is 9.59 Å². The van der Waals surface area contributed by atoms with Gasteiger partial charge in [0.2, 0.25) is 0 Å². The Kier molecular flexibility index (Phi) is 6.54. The molecule has 1 atom stereocenters. The third-order valence-corrected chi connectivity index (χ3v) is 5.17. The lowest BCUT2D eigenvalue weighted by Crippen LogP contribution is -2.29. The maximum atomic E-state index is 12.1. The molecule has 1 aromatic heterocycles. The monoisotopic (exact) mass is 382 g/mol. The van der Waals surface area contributed by atoms with Crippen molar-refractivity contribution in [3.8, 4) is 0 Å². The van der Waals surface area contributed by atoms with E-state index >= 15 is 0 Å². The highest BCUT2D eigenvalue weighted by atomic mass is 32.1. The molecule has 3 aromatic rings. The van der Waals surface area contributed by atoms with Crippen LogP contribution in [0.25, 0.3) is 10.2 Å². The Balaban J connectivity index is 1.37. The average Bonchev–Trinajstić information content (AvgIpc) is 3.09. The third-order valence-electron chi connectivity index (χ3n) is 4.08. The number of rotatable bonds is 8. The molecule has 0 aliphatic rings. The molecule has 1 amide bonds. The molecule has 0 fully saturated rings. The van der Waals surface area contributed by atoms with Gasteiger partial charge in [-0.15, -0.1) is 11.3 Å². The predicted octanol–water partition coefficient (Wildman–Crippen LogP) is 4.58. The first-order chi connectivity index (χ1) is 13.1. The molecule has 3 rings (SSSR count). The molecule has 0 bridgehead atoms. The number of hydrogen-bond donors (Lipinski definition) is 1. The number of ether oxygens (including phenoxy) is 1. The molecule has 140 valence electrons. The molecular formula is C21H22N2O3S. The summed E-state index contributed by atoms with van der Waals surface area (Å²) in [7, 11) is 0. The lowest BCUT2D eigenvalue weighted by molar-refractivity contribution is -0.153. The topological polar surface area (TPSA) is 68.3 Å². The first kappa shape index (κ1) is 19.0. The van der Waals surface area contributed by atoms with E-state index < -0.39 is 6.10 Å². The zero-order valence-corrected chi connectivity index (χ0v) is 16.0. The van der Waals surface area contributed by atoms with E-state index in [1.807, 2.05) is 36.4 Å². The molecular weight excluding hydrogens is 360 g/mol. The van der Waals surface area contributed by atoms with Crippen molar-refractivity contribution in [1.29, 1.82) is 0 Å². The molecule has 6 heteroatoms. The van der Waals surface area contributed by atoms with Crippen LogP contribution in [0.1, 0.15) is 31.2 Å². The van der Waals surface area contributed by atoms with E-state index in [-0.39, 0.29) is 11.9 Å². The number of fused-ring (bicyclic) bond motifs is 1. The van der Waals surface area contributed by atoms with Gasteiger partial charge in [0, 0.05) is 12.1 Å². The van der Waals surface area contributed by atoms with E-state index in [1.165, 1.54) is 4.70 Å². The molecule has 1 N–H and O–H groups in total. The van der Waals surface area contributed by atoms with Gasteiger partial charge in [0.1, 0.15) is 0 Å². The number of aromatic nitrogens is 1. The Hall–Kier alpha value is -2.73. The van der Waals surface area contributed by atoms with E-state index in [0.29, 0.717) is 18.5 Å². The number of nitrogens with one attached hydrogen (secondary N) is 1. The molecule has 0 spiro atoms. The van der Waals surface area contributed by atoms with Gasteiger partial charge in [0.25, 0.3) is 5.91 Å². The van der Waals surface area contributed by atoms with Crippen LogP contribution in [0, 0.1) is 0 Å². The highest BCUT2D eigenvalue weighted by Gasteiger charge is 2.17. The Morgan fingerprint density at radius 2 is 1.81 bits per heavy atom. The summed E-state index contributed by atoms with van der Waals surface area (Å²) in [5, 5.41) is 3.81. The number of para-hydroxylation sites is 2. The lowest BCUT2D eigenvalue weighted by Gasteiger charge is -2.13. The number of unbranched alkanes of at least 4 members (excludes halogenated alkanes) is 1. The minimum atomic E-state index is -0.818. The summed E-state index contributed by atoms with van der Waals surface area (Å²) in [6, 6.07) is 17.2. The minimum Gasteiger partial charge on any atom is -0.453 e. The Morgan fingerprint density at radius 3 is 2.59 bits per heavy atom. The van der Waals surface area contributed by atoms with Crippen molar-refractivity contribution in [1.82, 2.24) is 4.98 Å². The summed E-state index contributed by atoms with van der Waals surface area (Å²) in [5.41, 5.74) is 1.70. The van der Waals surface area contributed by atoms with Gasteiger partial charge in [0.05, 0.1) is 15.2 Å². The van der Waals surface area contributed by atoms with Crippen LogP contribution >= 0.6 is 11.3 Å². The van der Waals surface area contributed by atoms with Crippen molar-refractivity contribution in [2.75, 3.05) is 5.32 Å². The summed E-state index contributed by atoms with van der Waals surface area (Å²) in [6.07, 6.45) is 1.90. The number of carbonyl (C=O) groups excluding carboxylic acids is 2. The zero-order valence-electron chi connectivity index (χ0n) is 15.2. The van der Waals surface area contributed by atoms with Gasteiger partial charge in [0.15, 0.2) is 6.10 Å². The molecule has 27 heavy (non-hydrogen) atoms. The van der Waals surface area contributed by atoms with Crippen LogP contribution < -0.4 is 5.32 Å². The number of aryl methyl sites for hydroxylation is 1. The number of hydrogen-bond acceptors (Lipinski definition) is 5. The van der Waals surface area contributed by atoms with Crippen LogP contribution in [0.3, 0.4) is 0 Å². The van der Waals surface area contributed by atoms with Crippen LogP contribution in [0.4, 0.5) is 5.69 Å². The van der Waals surface area contributed by atoms with Crippen molar-refractivity contribution in [3.63, 3.8) is 0 Å². The van der Waals surface area contributed by atoms with Gasteiger partial charge in [-0.2, -0.15) is 0 Å². The fourth-order valence-corrected chi connectivity index (χ4v) is 3.66. The fourth-order valence-electron chi connectivity index (χ4n) is 2.65. The van der Waals surface area contributed by atoms with Crippen LogP contribution in [-0.2, 0) is 20.7 Å². The van der Waals surface area contributed by atoms with Gasteiger partial charge in [-0.1, -0.05) is 30.3 Å². The lowest BCUT2D eigenvalue weighted by atomic mass is 10.2. The largest absolute Gasteiger partial charge is 0.453 e. The van der Waals surface area contributed by atoms with Crippen molar-refractivity contribution in [2.24, 2.45) is 0 Å². The Labute approximate surface area is 162 Å². The summed E-state index contributed by atoms with van der Waals surface area (Å²) in [4.78, 5) is 28.6. The normalized spacial score (nSPS) is 11.9. The SMILES string of the molecule is C[C@@H](OC(=O)CCCCc1nc2ccccc2s1)C(=O)Nc1ccccc1. The standard InChI is InChI=1S/C21H22N2O3S/c1-15(21(25)22-16-9-3-2-4-10-16)26-20(24)14-8-7-13-19-23-17-11-5-6-12-18(17)27-19/h2-6,9-12,15H,7-8,13-14H2,1H3,(H,22,25)/t15-/m1/s1. The maximum Gasteiger partial charge on any atom is 0.306 e. The number of anilines is 1. The smallest absolute Gasteiger partial charge is 0.306 e. The van der Waals surface area contributed by atoms with Crippen LogP contribution in [0.15, 0.2) is 54.6 Å². The second kappa shape index (κ2) is 9.28. The summed E-state index contributed by atoms with van der Waals surface area (Å²) >= 11 is 1.69. The second-order valence-corrected chi connectivity index (χ2v) is 7.38. The third kappa shape index (κ3) is 5.62. The molecule has 1 heterocycles.